The van der Waals surface area contributed by atoms with Gasteiger partial charge in [0.05, 0.1) is 0 Å². The molecular weight excluding hydrogens is 222 g/mol. The largest absolute Gasteiger partial charge is 0.369 e. The first-order valence-electron chi connectivity index (χ1n) is 7.03. The van der Waals surface area contributed by atoms with E-state index < -0.39 is 0 Å². The highest BCUT2D eigenvalue weighted by Gasteiger charge is 2.18. The predicted octanol–water partition coefficient (Wildman–Crippen LogP) is 1.81. The first-order chi connectivity index (χ1) is 8.83. The van der Waals surface area contributed by atoms with Gasteiger partial charge in [0.15, 0.2) is 0 Å². The van der Waals surface area contributed by atoms with Crippen LogP contribution in [0.25, 0.3) is 0 Å². The zero-order valence-corrected chi connectivity index (χ0v) is 11.6. The highest BCUT2D eigenvalue weighted by molar-refractivity contribution is 5.46. The Balaban J connectivity index is 1.81. The van der Waals surface area contributed by atoms with Crippen molar-refractivity contribution in [3.63, 3.8) is 0 Å². The zero-order chi connectivity index (χ0) is 12.8. The molecular formula is C15H25N3. The standard InChI is InChI=1S/C15H25N3/c1-3-14(16-2)13-17-9-11-18(12-10-17)15-7-5-4-6-8-15/h4-8,14,16H,3,9-13H2,1-2H3. The van der Waals surface area contributed by atoms with Crippen LogP contribution in [0.1, 0.15) is 13.3 Å². The number of piperazine rings is 1. The van der Waals surface area contributed by atoms with E-state index in [0.717, 1.165) is 13.1 Å². The van der Waals surface area contributed by atoms with Gasteiger partial charge in [0.25, 0.3) is 0 Å². The molecule has 1 saturated heterocycles. The molecule has 0 aliphatic carbocycles. The average molecular weight is 247 g/mol. The van der Waals surface area contributed by atoms with Gasteiger partial charge in [-0.25, -0.2) is 0 Å². The van der Waals surface area contributed by atoms with Crippen molar-refractivity contribution in [2.75, 3.05) is 44.7 Å². The van der Waals surface area contributed by atoms with Gasteiger partial charge >= 0.3 is 0 Å². The minimum absolute atomic E-state index is 0.633. The molecule has 18 heavy (non-hydrogen) atoms. The third-order valence-corrected chi connectivity index (χ3v) is 3.87. The lowest BCUT2D eigenvalue weighted by molar-refractivity contribution is 0.230. The maximum absolute atomic E-state index is 3.39. The molecule has 1 heterocycles. The summed E-state index contributed by atoms with van der Waals surface area (Å²) in [6.45, 7) is 8.06. The summed E-state index contributed by atoms with van der Waals surface area (Å²) in [5, 5.41) is 3.39. The molecule has 2 rings (SSSR count). The highest BCUT2D eigenvalue weighted by atomic mass is 15.3. The second-order valence-electron chi connectivity index (χ2n) is 5.02. The Morgan fingerprint density at radius 2 is 1.78 bits per heavy atom. The van der Waals surface area contributed by atoms with Crippen LogP contribution >= 0.6 is 0 Å². The number of anilines is 1. The molecule has 3 heteroatoms. The first-order valence-corrected chi connectivity index (χ1v) is 7.03. The van der Waals surface area contributed by atoms with Crippen LogP contribution in [-0.4, -0.2) is 50.7 Å². The van der Waals surface area contributed by atoms with Crippen molar-refractivity contribution < 1.29 is 0 Å². The first kappa shape index (κ1) is 13.4. The van der Waals surface area contributed by atoms with Gasteiger partial charge < -0.3 is 10.2 Å². The number of hydrogen-bond donors (Lipinski definition) is 1. The van der Waals surface area contributed by atoms with Crippen molar-refractivity contribution in [3.8, 4) is 0 Å². The van der Waals surface area contributed by atoms with E-state index in [9.17, 15) is 0 Å². The van der Waals surface area contributed by atoms with Crippen molar-refractivity contribution in [1.29, 1.82) is 0 Å². The van der Waals surface area contributed by atoms with E-state index in [0.29, 0.717) is 6.04 Å². The van der Waals surface area contributed by atoms with Crippen LogP contribution in [0.3, 0.4) is 0 Å². The van der Waals surface area contributed by atoms with E-state index in [1.54, 1.807) is 0 Å². The van der Waals surface area contributed by atoms with E-state index in [1.165, 1.54) is 31.7 Å². The van der Waals surface area contributed by atoms with Gasteiger partial charge in [0.1, 0.15) is 0 Å². The zero-order valence-electron chi connectivity index (χ0n) is 11.6. The predicted molar refractivity (Wildman–Crippen MR) is 78.2 cm³/mol. The Bertz CT molecular complexity index is 327. The normalized spacial score (nSPS) is 18.9. The van der Waals surface area contributed by atoms with Crippen LogP contribution in [0.2, 0.25) is 0 Å². The SMILES string of the molecule is CCC(CN1CCN(c2ccccc2)CC1)NC. The molecule has 0 amide bonds. The lowest BCUT2D eigenvalue weighted by atomic mass is 10.2. The van der Waals surface area contributed by atoms with Gasteiger partial charge in [-0.15, -0.1) is 0 Å². The van der Waals surface area contributed by atoms with E-state index in [2.05, 4.69) is 59.4 Å². The van der Waals surface area contributed by atoms with Gasteiger partial charge in [-0.1, -0.05) is 25.1 Å². The summed E-state index contributed by atoms with van der Waals surface area (Å²) in [6, 6.07) is 11.4. The van der Waals surface area contributed by atoms with Crippen molar-refractivity contribution >= 4 is 5.69 Å². The second kappa shape index (κ2) is 6.76. The summed E-state index contributed by atoms with van der Waals surface area (Å²) in [4.78, 5) is 5.06. The fourth-order valence-electron chi connectivity index (χ4n) is 2.56. The summed E-state index contributed by atoms with van der Waals surface area (Å²) < 4.78 is 0. The molecule has 0 saturated carbocycles. The number of hydrogen-bond acceptors (Lipinski definition) is 3. The van der Waals surface area contributed by atoms with Crippen molar-refractivity contribution in [3.05, 3.63) is 30.3 Å². The fraction of sp³-hybridized carbons (Fsp3) is 0.600. The van der Waals surface area contributed by atoms with Crippen LogP contribution in [0, 0.1) is 0 Å². The number of likely N-dealkylation sites (N-methyl/N-ethyl adjacent to an activating group) is 1. The summed E-state index contributed by atoms with van der Waals surface area (Å²) >= 11 is 0. The van der Waals surface area contributed by atoms with E-state index >= 15 is 0 Å². The monoisotopic (exact) mass is 247 g/mol. The maximum atomic E-state index is 3.39. The molecule has 3 nitrogen and oxygen atoms in total. The van der Waals surface area contributed by atoms with Gasteiger partial charge in [0.2, 0.25) is 0 Å². The lowest BCUT2D eigenvalue weighted by Crippen LogP contribution is -2.50. The molecule has 0 radical (unpaired) electrons. The molecule has 1 atom stereocenters. The molecule has 1 fully saturated rings. The minimum atomic E-state index is 0.633. The van der Waals surface area contributed by atoms with Crippen LogP contribution in [0.5, 0.6) is 0 Å². The van der Waals surface area contributed by atoms with E-state index in [4.69, 9.17) is 0 Å². The summed E-state index contributed by atoms with van der Waals surface area (Å²) in [5.41, 5.74) is 1.36. The Labute approximate surface area is 111 Å². The van der Waals surface area contributed by atoms with Crippen molar-refractivity contribution in [2.45, 2.75) is 19.4 Å². The smallest absolute Gasteiger partial charge is 0.0367 e. The molecule has 1 aromatic carbocycles. The Kier molecular flexibility index (Phi) is 5.02. The molecule has 0 bridgehead atoms. The summed E-state index contributed by atoms with van der Waals surface area (Å²) in [7, 11) is 2.06. The molecule has 1 N–H and O–H groups in total. The van der Waals surface area contributed by atoms with Gasteiger partial charge in [0, 0.05) is 44.5 Å². The lowest BCUT2D eigenvalue weighted by Gasteiger charge is -2.37. The summed E-state index contributed by atoms with van der Waals surface area (Å²) in [5.74, 6) is 0. The Morgan fingerprint density at radius 1 is 1.11 bits per heavy atom. The topological polar surface area (TPSA) is 18.5 Å². The maximum Gasteiger partial charge on any atom is 0.0367 e. The Morgan fingerprint density at radius 3 is 2.33 bits per heavy atom. The van der Waals surface area contributed by atoms with E-state index in [-0.39, 0.29) is 0 Å². The van der Waals surface area contributed by atoms with Crippen LogP contribution in [-0.2, 0) is 0 Å². The van der Waals surface area contributed by atoms with Gasteiger partial charge in [-0.2, -0.15) is 0 Å². The van der Waals surface area contributed by atoms with Crippen LogP contribution in [0.15, 0.2) is 30.3 Å². The molecule has 1 aliphatic heterocycles. The molecule has 1 unspecified atom stereocenters. The van der Waals surface area contributed by atoms with Crippen molar-refractivity contribution in [2.24, 2.45) is 0 Å². The van der Waals surface area contributed by atoms with E-state index in [1.807, 2.05) is 0 Å². The third-order valence-electron chi connectivity index (χ3n) is 3.87. The van der Waals surface area contributed by atoms with Gasteiger partial charge in [-0.3, -0.25) is 4.90 Å². The number of rotatable bonds is 5. The highest BCUT2D eigenvalue weighted by Crippen LogP contribution is 2.15. The second-order valence-corrected chi connectivity index (χ2v) is 5.02. The van der Waals surface area contributed by atoms with Crippen LogP contribution in [0.4, 0.5) is 5.69 Å². The number of benzene rings is 1. The third kappa shape index (κ3) is 3.47. The molecule has 1 aromatic rings. The molecule has 1 aliphatic rings. The Hall–Kier alpha value is -1.06. The fourth-order valence-corrected chi connectivity index (χ4v) is 2.56. The average Bonchev–Trinajstić information content (AvgIpc) is 2.46. The minimum Gasteiger partial charge on any atom is -0.369 e. The molecule has 100 valence electrons. The molecule has 0 aromatic heterocycles. The van der Waals surface area contributed by atoms with Gasteiger partial charge in [-0.05, 0) is 25.6 Å². The quantitative estimate of drug-likeness (QED) is 0.856. The number of nitrogens with zero attached hydrogens (tertiary/aromatic N) is 2. The van der Waals surface area contributed by atoms with Crippen LogP contribution < -0.4 is 10.2 Å². The summed E-state index contributed by atoms with van der Waals surface area (Å²) in [6.07, 6.45) is 1.20. The van der Waals surface area contributed by atoms with Crippen molar-refractivity contribution in [1.82, 2.24) is 10.2 Å². The molecule has 0 spiro atoms. The number of para-hydroxylation sites is 1. The number of nitrogens with one attached hydrogen (secondary N) is 1.